The van der Waals surface area contributed by atoms with Crippen molar-refractivity contribution in [2.24, 2.45) is 0 Å². The number of hydrogen-bond donors (Lipinski definition) is 1. The summed E-state index contributed by atoms with van der Waals surface area (Å²) in [6.07, 6.45) is 0. The molecule has 0 fully saturated rings. The summed E-state index contributed by atoms with van der Waals surface area (Å²) in [5, 5.41) is 0.461. The van der Waals surface area contributed by atoms with Gasteiger partial charge in [-0.05, 0) is 29.8 Å². The fraction of sp³-hybridized carbons (Fsp3) is 0. The Balaban J connectivity index is 2.00. The van der Waals surface area contributed by atoms with Crippen LogP contribution < -0.4 is 5.56 Å². The third kappa shape index (κ3) is 2.85. The Morgan fingerprint density at radius 3 is 2.36 bits per heavy atom. The molecule has 2 aromatic carbocycles. The summed E-state index contributed by atoms with van der Waals surface area (Å²) < 4.78 is 0. The van der Waals surface area contributed by atoms with Gasteiger partial charge in [0, 0.05) is 16.3 Å². The van der Waals surface area contributed by atoms with E-state index >= 15 is 0 Å². The van der Waals surface area contributed by atoms with Gasteiger partial charge in [-0.15, -0.1) is 0 Å². The average Bonchev–Trinajstić information content (AvgIpc) is 2.55. The molecule has 0 atom stereocenters. The first-order valence-corrected chi connectivity index (χ1v) is 7.12. The van der Waals surface area contributed by atoms with Crippen molar-refractivity contribution in [1.29, 1.82) is 0 Å². The zero-order valence-corrected chi connectivity index (χ0v) is 12.3. The molecule has 0 spiro atoms. The molecule has 0 saturated carbocycles. The van der Waals surface area contributed by atoms with Gasteiger partial charge < -0.3 is 4.98 Å². The fourth-order valence-corrected chi connectivity index (χ4v) is 2.41. The van der Waals surface area contributed by atoms with Gasteiger partial charge in [0.25, 0.3) is 5.56 Å². The Labute approximate surface area is 132 Å². The smallest absolute Gasteiger partial charge is 0.259 e. The van der Waals surface area contributed by atoms with Gasteiger partial charge in [0.2, 0.25) is 0 Å². The van der Waals surface area contributed by atoms with E-state index in [0.29, 0.717) is 16.3 Å². The molecule has 0 unspecified atom stereocenters. The van der Waals surface area contributed by atoms with Gasteiger partial charge in [0.05, 0.1) is 5.56 Å². The number of halogens is 1. The number of ketones is 1. The van der Waals surface area contributed by atoms with Gasteiger partial charge in [-0.3, -0.25) is 9.59 Å². The number of H-pyrrole nitrogens is 1. The topological polar surface area (TPSA) is 49.9 Å². The molecule has 4 heteroatoms. The maximum atomic E-state index is 12.4. The van der Waals surface area contributed by atoms with Crippen LogP contribution in [0.15, 0.2) is 71.5 Å². The second-order valence-electron chi connectivity index (χ2n) is 4.82. The van der Waals surface area contributed by atoms with Crippen LogP contribution >= 0.6 is 11.6 Å². The van der Waals surface area contributed by atoms with Crippen molar-refractivity contribution in [3.63, 3.8) is 0 Å². The zero-order chi connectivity index (χ0) is 15.5. The number of carbonyl (C=O) groups is 1. The molecule has 0 saturated heterocycles. The van der Waals surface area contributed by atoms with Crippen LogP contribution in [0.4, 0.5) is 0 Å². The van der Waals surface area contributed by atoms with E-state index in [-0.39, 0.29) is 11.3 Å². The largest absolute Gasteiger partial charge is 0.321 e. The number of carbonyl (C=O) groups excluding carboxylic acids is 1. The Hall–Kier alpha value is -2.65. The predicted molar refractivity (Wildman–Crippen MR) is 87.4 cm³/mol. The molecule has 0 aliphatic carbocycles. The van der Waals surface area contributed by atoms with Crippen LogP contribution in [0.2, 0.25) is 5.02 Å². The van der Waals surface area contributed by atoms with E-state index in [1.54, 1.807) is 36.4 Å². The molecule has 1 N–H and O–H groups in total. The first-order valence-electron chi connectivity index (χ1n) is 6.74. The minimum Gasteiger partial charge on any atom is -0.321 e. The summed E-state index contributed by atoms with van der Waals surface area (Å²) >= 11 is 5.88. The number of benzene rings is 2. The highest BCUT2D eigenvalue weighted by Gasteiger charge is 2.14. The maximum Gasteiger partial charge on any atom is 0.259 e. The number of rotatable bonds is 3. The van der Waals surface area contributed by atoms with Crippen LogP contribution in [0.5, 0.6) is 0 Å². The lowest BCUT2D eigenvalue weighted by atomic mass is 10.0. The van der Waals surface area contributed by atoms with Crippen LogP contribution in [-0.2, 0) is 0 Å². The lowest BCUT2D eigenvalue weighted by Gasteiger charge is -2.04. The van der Waals surface area contributed by atoms with Crippen molar-refractivity contribution in [3.05, 3.63) is 93.2 Å². The predicted octanol–water partition coefficient (Wildman–Crippen LogP) is 3.93. The van der Waals surface area contributed by atoms with E-state index in [4.69, 9.17) is 11.6 Å². The fourth-order valence-electron chi connectivity index (χ4n) is 2.22. The van der Waals surface area contributed by atoms with E-state index in [0.717, 1.165) is 5.56 Å². The van der Waals surface area contributed by atoms with Crippen molar-refractivity contribution < 1.29 is 4.79 Å². The highest BCUT2D eigenvalue weighted by molar-refractivity contribution is 6.31. The summed E-state index contributed by atoms with van der Waals surface area (Å²) in [5.74, 6) is -0.344. The second kappa shape index (κ2) is 6.00. The van der Waals surface area contributed by atoms with Crippen LogP contribution in [0.3, 0.4) is 0 Å². The number of hydrogen-bond acceptors (Lipinski definition) is 2. The van der Waals surface area contributed by atoms with Gasteiger partial charge in [-0.1, -0.05) is 54.1 Å². The van der Waals surface area contributed by atoms with Crippen molar-refractivity contribution in [2.75, 3.05) is 0 Å². The highest BCUT2D eigenvalue weighted by Crippen LogP contribution is 2.17. The number of pyridine rings is 1. The molecule has 108 valence electrons. The third-order valence-corrected chi connectivity index (χ3v) is 3.56. The van der Waals surface area contributed by atoms with Crippen molar-refractivity contribution in [2.45, 2.75) is 0 Å². The number of aromatic nitrogens is 1. The van der Waals surface area contributed by atoms with Gasteiger partial charge in [-0.25, -0.2) is 0 Å². The van der Waals surface area contributed by atoms with Crippen LogP contribution in [0.25, 0.3) is 11.3 Å². The molecule has 0 aliphatic rings. The third-order valence-electron chi connectivity index (χ3n) is 3.33. The van der Waals surface area contributed by atoms with E-state index in [9.17, 15) is 9.59 Å². The Morgan fingerprint density at radius 2 is 1.68 bits per heavy atom. The summed E-state index contributed by atoms with van der Waals surface area (Å²) in [7, 11) is 0. The molecular weight excluding hydrogens is 298 g/mol. The van der Waals surface area contributed by atoms with Gasteiger partial charge in [-0.2, -0.15) is 0 Å². The van der Waals surface area contributed by atoms with Gasteiger partial charge in [0.15, 0.2) is 5.78 Å². The Kier molecular flexibility index (Phi) is 3.90. The molecule has 0 amide bonds. The molecule has 0 radical (unpaired) electrons. The van der Waals surface area contributed by atoms with Crippen molar-refractivity contribution in [1.82, 2.24) is 4.98 Å². The standard InChI is InChI=1S/C18H12ClNO2/c19-14-8-4-7-13(11-14)17(21)15-9-10-16(20-18(15)22)12-5-2-1-3-6-12/h1-11H,(H,20,22). The SMILES string of the molecule is O=C(c1cccc(Cl)c1)c1ccc(-c2ccccc2)[nH]c1=O. The highest BCUT2D eigenvalue weighted by atomic mass is 35.5. The lowest BCUT2D eigenvalue weighted by molar-refractivity contribution is 0.103. The van der Waals surface area contributed by atoms with E-state index in [1.165, 1.54) is 0 Å². The van der Waals surface area contributed by atoms with Gasteiger partial charge >= 0.3 is 0 Å². The Bertz CT molecular complexity index is 885. The lowest BCUT2D eigenvalue weighted by Crippen LogP contribution is -2.18. The molecule has 0 bridgehead atoms. The number of nitrogens with one attached hydrogen (secondary N) is 1. The molecular formula is C18H12ClNO2. The summed E-state index contributed by atoms with van der Waals surface area (Å²) in [6.45, 7) is 0. The molecule has 3 nitrogen and oxygen atoms in total. The van der Waals surface area contributed by atoms with Crippen molar-refractivity contribution in [3.8, 4) is 11.3 Å². The second-order valence-corrected chi connectivity index (χ2v) is 5.26. The van der Waals surface area contributed by atoms with E-state index in [2.05, 4.69) is 4.98 Å². The first kappa shape index (κ1) is 14.3. The quantitative estimate of drug-likeness (QED) is 0.745. The molecule has 22 heavy (non-hydrogen) atoms. The summed E-state index contributed by atoms with van der Waals surface area (Å²) in [5.41, 5.74) is 1.65. The summed E-state index contributed by atoms with van der Waals surface area (Å²) in [4.78, 5) is 27.3. The minimum absolute atomic E-state index is 0.0990. The molecule has 0 aliphatic heterocycles. The first-order chi connectivity index (χ1) is 10.6. The minimum atomic E-state index is -0.411. The normalized spacial score (nSPS) is 10.4. The molecule has 1 aromatic heterocycles. The van der Waals surface area contributed by atoms with Crippen LogP contribution in [0.1, 0.15) is 15.9 Å². The van der Waals surface area contributed by atoms with E-state index in [1.807, 2.05) is 30.3 Å². The maximum absolute atomic E-state index is 12.4. The summed E-state index contributed by atoms with van der Waals surface area (Å²) in [6, 6.07) is 19.3. The molecule has 1 heterocycles. The van der Waals surface area contributed by atoms with Crippen LogP contribution in [-0.4, -0.2) is 10.8 Å². The van der Waals surface area contributed by atoms with Gasteiger partial charge in [0.1, 0.15) is 0 Å². The average molecular weight is 310 g/mol. The monoisotopic (exact) mass is 309 g/mol. The molecule has 3 rings (SSSR count). The number of aromatic amines is 1. The van der Waals surface area contributed by atoms with E-state index < -0.39 is 5.56 Å². The van der Waals surface area contributed by atoms with Crippen LogP contribution in [0, 0.1) is 0 Å². The Morgan fingerprint density at radius 1 is 0.909 bits per heavy atom. The molecule has 3 aromatic rings. The van der Waals surface area contributed by atoms with Crippen molar-refractivity contribution >= 4 is 17.4 Å². The zero-order valence-electron chi connectivity index (χ0n) is 11.5.